The number of nitrogens with one attached hydrogen (secondary N) is 2. The smallest absolute Gasteiger partial charge is 0.279 e. The van der Waals surface area contributed by atoms with Crippen molar-refractivity contribution in [1.29, 1.82) is 0 Å². The van der Waals surface area contributed by atoms with Crippen molar-refractivity contribution < 1.29 is 18.9 Å². The number of nitrogens with zero attached hydrogens (tertiary/aromatic N) is 1. The zero-order chi connectivity index (χ0) is 20.0. The van der Waals surface area contributed by atoms with E-state index in [4.69, 9.17) is 0 Å². The zero-order valence-corrected chi connectivity index (χ0v) is 16.3. The zero-order valence-electron chi connectivity index (χ0n) is 16.3. The van der Waals surface area contributed by atoms with E-state index in [1.807, 2.05) is 32.0 Å². The predicted molar refractivity (Wildman–Crippen MR) is 104 cm³/mol. The fourth-order valence-electron chi connectivity index (χ4n) is 2.81. The second-order valence-corrected chi connectivity index (χ2v) is 6.99. The summed E-state index contributed by atoms with van der Waals surface area (Å²) in [4.78, 5) is 27.0. The monoisotopic (exact) mass is 372 g/mol. The van der Waals surface area contributed by atoms with Crippen molar-refractivity contribution in [3.05, 3.63) is 65.0 Å². The van der Waals surface area contributed by atoms with Gasteiger partial charge in [0.05, 0.1) is 7.05 Å². The van der Waals surface area contributed by atoms with E-state index in [-0.39, 0.29) is 30.7 Å². The van der Waals surface area contributed by atoms with Crippen LogP contribution in [0.4, 0.5) is 10.1 Å². The molecule has 6 heteroatoms. The molecule has 0 fully saturated rings. The summed E-state index contributed by atoms with van der Waals surface area (Å²) >= 11 is 0. The van der Waals surface area contributed by atoms with E-state index >= 15 is 0 Å². The number of halogens is 1. The molecule has 0 spiro atoms. The topological polar surface area (TPSA) is 53.9 Å². The number of hydrogen-bond donors (Lipinski definition) is 2. The van der Waals surface area contributed by atoms with Crippen LogP contribution < -0.4 is 10.2 Å². The highest BCUT2D eigenvalue weighted by Gasteiger charge is 2.18. The summed E-state index contributed by atoms with van der Waals surface area (Å²) in [6.45, 7) is 4.67. The number of hydrogen-bond acceptors (Lipinski definition) is 2. The van der Waals surface area contributed by atoms with Crippen molar-refractivity contribution in [1.82, 2.24) is 4.90 Å². The lowest BCUT2D eigenvalue weighted by atomic mass is 10.1. The van der Waals surface area contributed by atoms with Crippen molar-refractivity contribution >= 4 is 17.5 Å². The molecule has 27 heavy (non-hydrogen) atoms. The van der Waals surface area contributed by atoms with Crippen molar-refractivity contribution in [3.8, 4) is 0 Å². The molecule has 2 aromatic rings. The van der Waals surface area contributed by atoms with Gasteiger partial charge in [-0.2, -0.15) is 0 Å². The first-order valence-corrected chi connectivity index (χ1v) is 8.92. The molecule has 0 saturated carbocycles. The molecule has 2 amide bonds. The van der Waals surface area contributed by atoms with Crippen LogP contribution in [0.1, 0.15) is 16.7 Å². The Kier molecular flexibility index (Phi) is 7.07. The predicted octanol–water partition coefficient (Wildman–Crippen LogP) is 1.55. The maximum atomic E-state index is 13.3. The van der Waals surface area contributed by atoms with E-state index in [1.54, 1.807) is 31.1 Å². The first-order chi connectivity index (χ1) is 12.8. The van der Waals surface area contributed by atoms with Crippen LogP contribution in [0.2, 0.25) is 0 Å². The highest BCUT2D eigenvalue weighted by atomic mass is 19.1. The van der Waals surface area contributed by atoms with Crippen LogP contribution in [0.5, 0.6) is 0 Å². The molecule has 0 aromatic heterocycles. The molecule has 5 nitrogen and oxygen atoms in total. The van der Waals surface area contributed by atoms with Crippen molar-refractivity contribution in [2.45, 2.75) is 20.4 Å². The molecule has 2 N–H and O–H groups in total. The van der Waals surface area contributed by atoms with E-state index in [0.717, 1.165) is 27.3 Å². The Hall–Kier alpha value is -2.73. The maximum Gasteiger partial charge on any atom is 0.279 e. The minimum Gasteiger partial charge on any atom is -0.337 e. The maximum absolute atomic E-state index is 13.3. The van der Waals surface area contributed by atoms with Crippen LogP contribution in [-0.2, 0) is 16.1 Å². The van der Waals surface area contributed by atoms with Crippen LogP contribution in [0.25, 0.3) is 0 Å². The Labute approximate surface area is 159 Å². The molecule has 2 aromatic carbocycles. The number of likely N-dealkylation sites (N-methyl/N-ethyl adjacent to an activating group) is 2. The number of rotatable bonds is 7. The van der Waals surface area contributed by atoms with Crippen LogP contribution in [0.15, 0.2) is 42.5 Å². The molecule has 0 heterocycles. The fraction of sp³-hybridized carbons (Fsp3) is 0.333. The van der Waals surface area contributed by atoms with Crippen molar-refractivity contribution in [2.24, 2.45) is 0 Å². The van der Waals surface area contributed by atoms with E-state index in [9.17, 15) is 14.0 Å². The molecule has 0 bridgehead atoms. The molecule has 0 aliphatic rings. The second-order valence-electron chi connectivity index (χ2n) is 6.99. The quantitative estimate of drug-likeness (QED) is 0.775. The molecule has 0 aliphatic heterocycles. The molecule has 0 aliphatic carbocycles. The van der Waals surface area contributed by atoms with Gasteiger partial charge in [-0.25, -0.2) is 4.39 Å². The largest absolute Gasteiger partial charge is 0.337 e. The second kappa shape index (κ2) is 9.28. The number of carbonyl (C=O) groups excluding carboxylic acids is 2. The Balaban J connectivity index is 1.84. The Morgan fingerprint density at radius 1 is 1.11 bits per heavy atom. The van der Waals surface area contributed by atoms with Crippen LogP contribution in [0.3, 0.4) is 0 Å². The lowest BCUT2D eigenvalue weighted by molar-refractivity contribution is -0.862. The molecule has 1 atom stereocenters. The van der Waals surface area contributed by atoms with Crippen molar-refractivity contribution in [2.75, 3.05) is 32.5 Å². The van der Waals surface area contributed by atoms with Gasteiger partial charge in [-0.3, -0.25) is 9.59 Å². The first kappa shape index (κ1) is 20.6. The molecule has 2 rings (SSSR count). The molecular formula is C21H27FN3O2+. The fourth-order valence-corrected chi connectivity index (χ4v) is 2.81. The number of amides is 2. The van der Waals surface area contributed by atoms with Gasteiger partial charge in [0, 0.05) is 19.3 Å². The summed E-state index contributed by atoms with van der Waals surface area (Å²) in [5.74, 6) is -0.558. The van der Waals surface area contributed by atoms with E-state index in [0.29, 0.717) is 6.54 Å². The van der Waals surface area contributed by atoms with Gasteiger partial charge in [-0.05, 0) is 48.7 Å². The highest BCUT2D eigenvalue weighted by Crippen LogP contribution is 2.17. The molecule has 1 unspecified atom stereocenters. The van der Waals surface area contributed by atoms with Crippen molar-refractivity contribution in [3.63, 3.8) is 0 Å². The third kappa shape index (κ3) is 6.18. The Morgan fingerprint density at radius 3 is 2.52 bits per heavy atom. The summed E-state index contributed by atoms with van der Waals surface area (Å²) in [5, 5.41) is 2.90. The number of quaternary nitrogens is 1. The van der Waals surface area contributed by atoms with Crippen LogP contribution in [-0.4, -0.2) is 43.9 Å². The number of carbonyl (C=O) groups is 2. The molecule has 144 valence electrons. The van der Waals surface area contributed by atoms with E-state index in [1.165, 1.54) is 12.1 Å². The Bertz CT molecular complexity index is 823. The average molecular weight is 372 g/mol. The van der Waals surface area contributed by atoms with Crippen LogP contribution >= 0.6 is 0 Å². The molecule has 0 saturated heterocycles. The van der Waals surface area contributed by atoms with E-state index < -0.39 is 0 Å². The van der Waals surface area contributed by atoms with Gasteiger partial charge in [0.15, 0.2) is 13.1 Å². The summed E-state index contributed by atoms with van der Waals surface area (Å²) in [6, 6.07) is 12.0. The third-order valence-corrected chi connectivity index (χ3v) is 4.53. The normalized spacial score (nSPS) is 11.7. The lowest BCUT2D eigenvalue weighted by Gasteiger charge is -2.20. The minimum absolute atomic E-state index is 0.101. The number of aryl methyl sites for hydroxylation is 1. The van der Waals surface area contributed by atoms with Gasteiger partial charge >= 0.3 is 0 Å². The number of benzene rings is 2. The first-order valence-electron chi connectivity index (χ1n) is 8.92. The van der Waals surface area contributed by atoms with Gasteiger partial charge in [-0.1, -0.05) is 24.3 Å². The number of anilines is 1. The van der Waals surface area contributed by atoms with Crippen LogP contribution in [0, 0.1) is 19.7 Å². The summed E-state index contributed by atoms with van der Waals surface area (Å²) in [5.41, 5.74) is 3.68. The average Bonchev–Trinajstić information content (AvgIpc) is 2.58. The summed E-state index contributed by atoms with van der Waals surface area (Å²) in [7, 11) is 3.48. The van der Waals surface area contributed by atoms with Gasteiger partial charge in [-0.15, -0.1) is 0 Å². The summed E-state index contributed by atoms with van der Waals surface area (Å²) in [6.07, 6.45) is 0. The van der Waals surface area contributed by atoms with Gasteiger partial charge in [0.25, 0.3) is 11.8 Å². The SMILES string of the molecule is Cc1cccc(NC(=O)C[NH+](C)CC(=O)N(C)Cc2cccc(F)c2)c1C. The minimum atomic E-state index is -0.320. The summed E-state index contributed by atoms with van der Waals surface area (Å²) < 4.78 is 13.3. The van der Waals surface area contributed by atoms with E-state index in [2.05, 4.69) is 5.32 Å². The standard InChI is InChI=1S/C21H26FN3O2/c1-15-7-5-10-19(16(15)2)23-20(26)13-24(3)14-21(27)25(4)12-17-8-6-9-18(22)11-17/h5-11H,12-14H2,1-4H3,(H,23,26)/p+1. The third-order valence-electron chi connectivity index (χ3n) is 4.53. The Morgan fingerprint density at radius 2 is 1.81 bits per heavy atom. The molecule has 0 radical (unpaired) electrons. The highest BCUT2D eigenvalue weighted by molar-refractivity contribution is 5.92. The van der Waals surface area contributed by atoms with Gasteiger partial charge < -0.3 is 15.1 Å². The molecular weight excluding hydrogens is 345 g/mol. The van der Waals surface area contributed by atoms with Gasteiger partial charge in [0.1, 0.15) is 5.82 Å². The van der Waals surface area contributed by atoms with Gasteiger partial charge in [0.2, 0.25) is 0 Å². The lowest BCUT2D eigenvalue weighted by Crippen LogP contribution is -3.11.